The Hall–Kier alpha value is -1.47. The van der Waals surface area contributed by atoms with Gasteiger partial charge in [0.2, 0.25) is 0 Å². The van der Waals surface area contributed by atoms with Gasteiger partial charge in [-0.25, -0.2) is 0 Å². The topological polar surface area (TPSA) is 20.2 Å². The maximum absolute atomic E-state index is 12.3. The summed E-state index contributed by atoms with van der Waals surface area (Å²) in [6.07, 6.45) is -4.08. The largest absolute Gasteiger partial charge is 0.416 e. The van der Waals surface area contributed by atoms with Crippen molar-refractivity contribution >= 4 is 0 Å². The Bertz CT molecular complexity index is 385. The molecule has 80 valence electrons. The van der Waals surface area contributed by atoms with Crippen LogP contribution in [-0.2, 0) is 6.18 Å². The van der Waals surface area contributed by atoms with Crippen LogP contribution in [0.25, 0.3) is 0 Å². The summed E-state index contributed by atoms with van der Waals surface area (Å²) in [4.78, 5) is 0. The van der Waals surface area contributed by atoms with Crippen LogP contribution in [0.15, 0.2) is 24.3 Å². The lowest BCUT2D eigenvalue weighted by Gasteiger charge is -2.05. The molecule has 1 N–H and O–H groups in total. The number of rotatable bonds is 1. The maximum atomic E-state index is 12.3. The Balaban J connectivity index is 2.90. The molecule has 0 saturated heterocycles. The van der Waals surface area contributed by atoms with Crippen LogP contribution in [0, 0.1) is 11.8 Å². The van der Waals surface area contributed by atoms with Crippen LogP contribution in [0.2, 0.25) is 0 Å². The molecular formula is C11H9F3O. The fourth-order valence-electron chi connectivity index (χ4n) is 0.994. The second kappa shape index (κ2) is 4.85. The molecule has 0 unspecified atom stereocenters. The van der Waals surface area contributed by atoms with Crippen molar-refractivity contribution in [3.63, 3.8) is 0 Å². The normalized spacial score (nSPS) is 10.7. The summed E-state index contributed by atoms with van der Waals surface area (Å²) in [6, 6.07) is 4.80. The predicted molar refractivity (Wildman–Crippen MR) is 50.0 cm³/mol. The number of aliphatic hydroxyl groups is 1. The molecule has 0 spiro atoms. The quantitative estimate of drug-likeness (QED) is 0.712. The summed E-state index contributed by atoms with van der Waals surface area (Å²) in [5, 5.41) is 8.45. The highest BCUT2D eigenvalue weighted by atomic mass is 19.4. The van der Waals surface area contributed by atoms with Gasteiger partial charge in [-0.3, -0.25) is 0 Å². The summed E-state index contributed by atoms with van der Waals surface area (Å²) in [7, 11) is 0. The number of hydrogen-bond donors (Lipinski definition) is 1. The van der Waals surface area contributed by atoms with E-state index in [0.717, 1.165) is 12.1 Å². The molecule has 0 radical (unpaired) electrons. The molecule has 4 heteroatoms. The van der Waals surface area contributed by atoms with Crippen molar-refractivity contribution in [2.45, 2.75) is 12.6 Å². The third kappa shape index (κ3) is 3.64. The van der Waals surface area contributed by atoms with Gasteiger partial charge >= 0.3 is 6.18 Å². The molecule has 0 atom stereocenters. The monoisotopic (exact) mass is 214 g/mol. The lowest BCUT2D eigenvalue weighted by Crippen LogP contribution is -2.04. The van der Waals surface area contributed by atoms with E-state index in [1.807, 2.05) is 0 Å². The van der Waals surface area contributed by atoms with Gasteiger partial charge in [-0.05, 0) is 18.2 Å². The predicted octanol–water partition coefficient (Wildman–Crippen LogP) is 2.44. The van der Waals surface area contributed by atoms with Gasteiger partial charge in [0.05, 0.1) is 12.2 Å². The first-order valence-electron chi connectivity index (χ1n) is 4.31. The summed E-state index contributed by atoms with van der Waals surface area (Å²) in [5.41, 5.74) is -0.406. The van der Waals surface area contributed by atoms with E-state index in [2.05, 4.69) is 11.8 Å². The Morgan fingerprint density at radius 2 is 2.00 bits per heavy atom. The maximum Gasteiger partial charge on any atom is 0.416 e. The molecule has 0 heterocycles. The summed E-state index contributed by atoms with van der Waals surface area (Å²) < 4.78 is 36.8. The lowest BCUT2D eigenvalue weighted by molar-refractivity contribution is -0.137. The molecule has 0 amide bonds. The SMILES string of the molecule is OCCC#Cc1cccc(C(F)(F)F)c1. The second-order valence-electron chi connectivity index (χ2n) is 2.85. The van der Waals surface area contributed by atoms with Crippen molar-refractivity contribution < 1.29 is 18.3 Å². The molecule has 0 aliphatic carbocycles. The molecule has 0 bridgehead atoms. The zero-order valence-corrected chi connectivity index (χ0v) is 7.80. The highest BCUT2D eigenvalue weighted by Crippen LogP contribution is 2.29. The van der Waals surface area contributed by atoms with Gasteiger partial charge < -0.3 is 5.11 Å². The van der Waals surface area contributed by atoms with Crippen LogP contribution in [0.3, 0.4) is 0 Å². The van der Waals surface area contributed by atoms with Gasteiger partial charge in [0.25, 0.3) is 0 Å². The fourth-order valence-corrected chi connectivity index (χ4v) is 0.994. The van der Waals surface area contributed by atoms with Crippen LogP contribution >= 0.6 is 0 Å². The molecule has 0 saturated carbocycles. The Labute approximate surface area is 85.5 Å². The van der Waals surface area contributed by atoms with Crippen LogP contribution < -0.4 is 0 Å². The first kappa shape index (κ1) is 11.6. The first-order chi connectivity index (χ1) is 7.04. The van der Waals surface area contributed by atoms with E-state index < -0.39 is 11.7 Å². The van der Waals surface area contributed by atoms with E-state index in [0.29, 0.717) is 5.56 Å². The minimum Gasteiger partial charge on any atom is -0.395 e. The lowest BCUT2D eigenvalue weighted by atomic mass is 10.1. The van der Waals surface area contributed by atoms with Gasteiger partial charge in [0.15, 0.2) is 0 Å². The highest BCUT2D eigenvalue weighted by molar-refractivity contribution is 5.37. The van der Waals surface area contributed by atoms with Gasteiger partial charge in [-0.15, -0.1) is 0 Å². The Morgan fingerprint density at radius 3 is 2.60 bits per heavy atom. The van der Waals surface area contributed by atoms with E-state index in [-0.39, 0.29) is 13.0 Å². The van der Waals surface area contributed by atoms with E-state index >= 15 is 0 Å². The first-order valence-corrected chi connectivity index (χ1v) is 4.31. The standard InChI is InChI=1S/C11H9F3O/c12-11(13,14)10-6-3-5-9(8-10)4-1-2-7-15/h3,5-6,8,15H,2,7H2. The van der Waals surface area contributed by atoms with Gasteiger partial charge in [-0.2, -0.15) is 13.2 Å². The minimum atomic E-state index is -4.34. The van der Waals surface area contributed by atoms with Crippen LogP contribution in [-0.4, -0.2) is 11.7 Å². The molecule has 0 aliphatic heterocycles. The summed E-state index contributed by atoms with van der Waals surface area (Å²) in [5.74, 6) is 5.11. The van der Waals surface area contributed by atoms with E-state index in [1.165, 1.54) is 12.1 Å². The molecule has 0 aliphatic rings. The zero-order chi connectivity index (χ0) is 11.3. The number of benzene rings is 1. The van der Waals surface area contributed by atoms with Crippen molar-refractivity contribution in [1.82, 2.24) is 0 Å². The second-order valence-corrected chi connectivity index (χ2v) is 2.85. The molecule has 0 aromatic heterocycles. The number of halogens is 3. The van der Waals surface area contributed by atoms with Crippen LogP contribution in [0.4, 0.5) is 13.2 Å². The molecule has 1 aromatic carbocycles. The Morgan fingerprint density at radius 1 is 1.27 bits per heavy atom. The van der Waals surface area contributed by atoms with Crippen LogP contribution in [0.5, 0.6) is 0 Å². The average Bonchev–Trinajstić information content (AvgIpc) is 2.17. The van der Waals surface area contributed by atoms with Crippen molar-refractivity contribution in [3.8, 4) is 11.8 Å². The average molecular weight is 214 g/mol. The molecule has 1 aromatic rings. The molecule has 0 fully saturated rings. The Kier molecular flexibility index (Phi) is 3.75. The van der Waals surface area contributed by atoms with Crippen molar-refractivity contribution in [1.29, 1.82) is 0 Å². The van der Waals surface area contributed by atoms with Gasteiger partial charge in [0.1, 0.15) is 0 Å². The molecular weight excluding hydrogens is 205 g/mol. The van der Waals surface area contributed by atoms with E-state index in [9.17, 15) is 13.2 Å². The molecule has 1 rings (SSSR count). The van der Waals surface area contributed by atoms with E-state index in [4.69, 9.17) is 5.11 Å². The van der Waals surface area contributed by atoms with Crippen LogP contribution in [0.1, 0.15) is 17.5 Å². The zero-order valence-electron chi connectivity index (χ0n) is 7.80. The van der Waals surface area contributed by atoms with Crippen molar-refractivity contribution in [2.24, 2.45) is 0 Å². The summed E-state index contributed by atoms with van der Waals surface area (Å²) >= 11 is 0. The third-order valence-corrected chi connectivity index (χ3v) is 1.66. The molecule has 1 nitrogen and oxygen atoms in total. The number of alkyl halides is 3. The highest BCUT2D eigenvalue weighted by Gasteiger charge is 2.30. The number of hydrogen-bond acceptors (Lipinski definition) is 1. The summed E-state index contributed by atoms with van der Waals surface area (Å²) in [6.45, 7) is -0.0913. The van der Waals surface area contributed by atoms with Crippen molar-refractivity contribution in [3.05, 3.63) is 35.4 Å². The minimum absolute atomic E-state index is 0.0913. The van der Waals surface area contributed by atoms with Gasteiger partial charge in [0, 0.05) is 12.0 Å². The van der Waals surface area contributed by atoms with Crippen molar-refractivity contribution in [2.75, 3.05) is 6.61 Å². The smallest absolute Gasteiger partial charge is 0.395 e. The molecule has 15 heavy (non-hydrogen) atoms. The van der Waals surface area contributed by atoms with E-state index in [1.54, 1.807) is 0 Å². The fraction of sp³-hybridized carbons (Fsp3) is 0.273. The number of aliphatic hydroxyl groups excluding tert-OH is 1. The third-order valence-electron chi connectivity index (χ3n) is 1.66. The van der Waals surface area contributed by atoms with Gasteiger partial charge in [-0.1, -0.05) is 17.9 Å².